The van der Waals surface area contributed by atoms with Gasteiger partial charge in [0.15, 0.2) is 0 Å². The topological polar surface area (TPSA) is 86.4 Å². The Balaban J connectivity index is 1.27. The standard InChI is InChI=1S/C29H24FN7/c30-21-5-3-19(4-6-21)27-22-14-26(33-24(22)9-10-32-27)29-28-25(35-36-29)8-7-23(34-28)20-13-18(15-31-16-20)17-37-11-1-2-12-37/h3-10,13-16,33H,1-2,11-12,17H2,(H,35,36). The summed E-state index contributed by atoms with van der Waals surface area (Å²) in [4.78, 5) is 20.0. The zero-order chi connectivity index (χ0) is 24.8. The maximum atomic E-state index is 13.5. The first-order chi connectivity index (χ1) is 18.2. The van der Waals surface area contributed by atoms with Crippen LogP contribution in [-0.4, -0.2) is 48.1 Å². The minimum absolute atomic E-state index is 0.271. The number of rotatable bonds is 5. The van der Waals surface area contributed by atoms with Gasteiger partial charge in [-0.2, -0.15) is 5.10 Å². The SMILES string of the molecule is Fc1ccc(-c2nccc3[nH]c(-c4n[nH]c5ccc(-c6cncc(CN7CCCC7)c6)nc45)cc23)cc1. The molecule has 0 amide bonds. The normalized spacial score (nSPS) is 14.2. The molecule has 0 saturated carbocycles. The molecule has 0 atom stereocenters. The van der Waals surface area contributed by atoms with E-state index in [4.69, 9.17) is 4.98 Å². The molecule has 0 bridgehead atoms. The van der Waals surface area contributed by atoms with Crippen molar-refractivity contribution in [2.45, 2.75) is 19.4 Å². The maximum Gasteiger partial charge on any atom is 0.135 e. The largest absolute Gasteiger partial charge is 0.353 e. The minimum Gasteiger partial charge on any atom is -0.353 e. The molecule has 182 valence electrons. The highest BCUT2D eigenvalue weighted by Gasteiger charge is 2.17. The summed E-state index contributed by atoms with van der Waals surface area (Å²) in [6, 6.07) is 16.5. The van der Waals surface area contributed by atoms with Gasteiger partial charge in [0.2, 0.25) is 0 Å². The van der Waals surface area contributed by atoms with Crippen molar-refractivity contribution >= 4 is 21.9 Å². The Morgan fingerprint density at radius 1 is 0.865 bits per heavy atom. The Morgan fingerprint density at radius 2 is 1.73 bits per heavy atom. The third-order valence-electron chi connectivity index (χ3n) is 7.02. The van der Waals surface area contributed by atoms with Crippen molar-refractivity contribution in [1.82, 2.24) is 35.0 Å². The lowest BCUT2D eigenvalue weighted by Gasteiger charge is -2.14. The number of hydrogen-bond donors (Lipinski definition) is 2. The summed E-state index contributed by atoms with van der Waals surface area (Å²) in [5, 5.41) is 8.63. The monoisotopic (exact) mass is 489 g/mol. The van der Waals surface area contributed by atoms with Gasteiger partial charge >= 0.3 is 0 Å². The van der Waals surface area contributed by atoms with Gasteiger partial charge in [-0.3, -0.25) is 20.0 Å². The summed E-state index contributed by atoms with van der Waals surface area (Å²) in [5.74, 6) is -0.271. The molecule has 8 heteroatoms. The van der Waals surface area contributed by atoms with Gasteiger partial charge in [-0.25, -0.2) is 9.37 Å². The van der Waals surface area contributed by atoms with Crippen molar-refractivity contribution in [2.24, 2.45) is 0 Å². The van der Waals surface area contributed by atoms with E-state index in [2.05, 4.69) is 36.1 Å². The van der Waals surface area contributed by atoms with Crippen LogP contribution in [0.2, 0.25) is 0 Å². The fourth-order valence-electron chi connectivity index (χ4n) is 5.18. The maximum absolute atomic E-state index is 13.5. The molecule has 1 aliphatic heterocycles. The molecule has 6 aromatic rings. The molecule has 0 unspecified atom stereocenters. The van der Waals surface area contributed by atoms with E-state index >= 15 is 0 Å². The van der Waals surface area contributed by atoms with Crippen LogP contribution in [0.25, 0.3) is 55.8 Å². The van der Waals surface area contributed by atoms with E-state index in [-0.39, 0.29) is 5.82 Å². The molecule has 7 nitrogen and oxygen atoms in total. The lowest BCUT2D eigenvalue weighted by Crippen LogP contribution is -2.18. The lowest BCUT2D eigenvalue weighted by molar-refractivity contribution is 0.331. The number of benzene rings is 1. The van der Waals surface area contributed by atoms with Crippen molar-refractivity contribution in [2.75, 3.05) is 13.1 Å². The number of pyridine rings is 3. The first kappa shape index (κ1) is 21.8. The van der Waals surface area contributed by atoms with Crippen LogP contribution in [0.15, 0.2) is 73.2 Å². The highest BCUT2D eigenvalue weighted by Crippen LogP contribution is 2.33. The smallest absolute Gasteiger partial charge is 0.135 e. The van der Waals surface area contributed by atoms with Crippen molar-refractivity contribution in [3.05, 3.63) is 84.6 Å². The first-order valence-corrected chi connectivity index (χ1v) is 12.5. The molecule has 1 saturated heterocycles. The molecular weight excluding hydrogens is 465 g/mol. The molecule has 1 aromatic carbocycles. The Hall–Kier alpha value is -4.43. The van der Waals surface area contributed by atoms with Gasteiger partial charge in [-0.1, -0.05) is 0 Å². The van der Waals surface area contributed by atoms with Gasteiger partial charge in [-0.15, -0.1) is 0 Å². The summed E-state index contributed by atoms with van der Waals surface area (Å²) in [6.07, 6.45) is 8.10. The van der Waals surface area contributed by atoms with Gasteiger partial charge in [0.25, 0.3) is 0 Å². The first-order valence-electron chi connectivity index (χ1n) is 12.5. The summed E-state index contributed by atoms with van der Waals surface area (Å²) < 4.78 is 13.5. The summed E-state index contributed by atoms with van der Waals surface area (Å²) >= 11 is 0. The second-order valence-electron chi connectivity index (χ2n) is 9.54. The number of aromatic amines is 2. The van der Waals surface area contributed by atoms with Crippen molar-refractivity contribution < 1.29 is 4.39 Å². The Bertz CT molecular complexity index is 1730. The van der Waals surface area contributed by atoms with E-state index in [0.29, 0.717) is 0 Å². The highest BCUT2D eigenvalue weighted by atomic mass is 19.1. The Morgan fingerprint density at radius 3 is 2.59 bits per heavy atom. The number of likely N-dealkylation sites (tertiary alicyclic amines) is 1. The number of nitrogens with zero attached hydrogens (tertiary/aromatic N) is 5. The summed E-state index contributed by atoms with van der Waals surface area (Å²) in [5.41, 5.74) is 8.82. The fraction of sp³-hybridized carbons (Fsp3) is 0.172. The molecule has 0 spiro atoms. The second kappa shape index (κ2) is 8.90. The van der Waals surface area contributed by atoms with Crippen LogP contribution in [0.4, 0.5) is 4.39 Å². The van der Waals surface area contributed by atoms with Gasteiger partial charge in [0, 0.05) is 47.2 Å². The van der Waals surface area contributed by atoms with Crippen LogP contribution in [0, 0.1) is 5.82 Å². The highest BCUT2D eigenvalue weighted by molar-refractivity contribution is 5.99. The van der Waals surface area contributed by atoms with E-state index in [9.17, 15) is 4.39 Å². The van der Waals surface area contributed by atoms with Crippen LogP contribution in [0.3, 0.4) is 0 Å². The predicted octanol–water partition coefficient (Wildman–Crippen LogP) is 5.97. The van der Waals surface area contributed by atoms with Gasteiger partial charge < -0.3 is 4.98 Å². The van der Waals surface area contributed by atoms with Gasteiger partial charge in [-0.05, 0) is 86.1 Å². The van der Waals surface area contributed by atoms with Gasteiger partial charge in [0.05, 0.1) is 22.6 Å². The van der Waals surface area contributed by atoms with Crippen LogP contribution in [0.1, 0.15) is 18.4 Å². The minimum atomic E-state index is -0.271. The number of fused-ring (bicyclic) bond motifs is 2. The number of hydrogen-bond acceptors (Lipinski definition) is 5. The molecule has 37 heavy (non-hydrogen) atoms. The molecule has 2 N–H and O–H groups in total. The zero-order valence-electron chi connectivity index (χ0n) is 20.1. The average molecular weight is 490 g/mol. The van der Waals surface area contributed by atoms with Crippen LogP contribution >= 0.6 is 0 Å². The second-order valence-corrected chi connectivity index (χ2v) is 9.54. The van der Waals surface area contributed by atoms with E-state index < -0.39 is 0 Å². The molecule has 5 aromatic heterocycles. The Labute approximate surface area is 212 Å². The van der Waals surface area contributed by atoms with Gasteiger partial charge in [0.1, 0.15) is 17.0 Å². The van der Waals surface area contributed by atoms with E-state index in [1.165, 1.54) is 30.5 Å². The van der Waals surface area contributed by atoms with Crippen molar-refractivity contribution in [3.8, 4) is 33.9 Å². The van der Waals surface area contributed by atoms with Crippen LogP contribution in [-0.2, 0) is 6.54 Å². The van der Waals surface area contributed by atoms with Crippen molar-refractivity contribution in [1.29, 1.82) is 0 Å². The van der Waals surface area contributed by atoms with E-state index in [0.717, 1.165) is 75.5 Å². The summed E-state index contributed by atoms with van der Waals surface area (Å²) in [7, 11) is 0. The summed E-state index contributed by atoms with van der Waals surface area (Å²) in [6.45, 7) is 3.21. The molecule has 7 rings (SSSR count). The van der Waals surface area contributed by atoms with Crippen LogP contribution in [0.5, 0.6) is 0 Å². The number of H-pyrrole nitrogens is 2. The number of halogens is 1. The molecular formula is C29H24FN7. The molecule has 1 aliphatic rings. The third kappa shape index (κ3) is 4.05. The van der Waals surface area contributed by atoms with Crippen molar-refractivity contribution in [3.63, 3.8) is 0 Å². The quantitative estimate of drug-likeness (QED) is 0.312. The average Bonchev–Trinajstić information content (AvgIpc) is 3.68. The zero-order valence-corrected chi connectivity index (χ0v) is 20.1. The molecule has 1 fully saturated rings. The van der Waals surface area contributed by atoms with E-state index in [1.54, 1.807) is 18.3 Å². The Kier molecular flexibility index (Phi) is 5.25. The predicted molar refractivity (Wildman–Crippen MR) is 142 cm³/mol. The number of nitrogens with one attached hydrogen (secondary N) is 2. The van der Waals surface area contributed by atoms with E-state index in [1.807, 2.05) is 36.7 Å². The molecule has 0 radical (unpaired) electrons. The number of aromatic nitrogens is 6. The fourth-order valence-corrected chi connectivity index (χ4v) is 5.18. The molecule has 0 aliphatic carbocycles. The molecule has 6 heterocycles. The van der Waals surface area contributed by atoms with Crippen LogP contribution < -0.4 is 0 Å². The lowest BCUT2D eigenvalue weighted by atomic mass is 10.1. The third-order valence-corrected chi connectivity index (χ3v) is 7.02.